The number of ether oxygens (including phenoxy) is 1. The van der Waals surface area contributed by atoms with Crippen molar-refractivity contribution >= 4 is 23.1 Å². The molecule has 5 rings (SSSR count). The van der Waals surface area contributed by atoms with E-state index < -0.39 is 5.72 Å². The summed E-state index contributed by atoms with van der Waals surface area (Å²) in [7, 11) is 0. The minimum absolute atomic E-state index is 0.105. The van der Waals surface area contributed by atoms with Gasteiger partial charge in [-0.3, -0.25) is 9.69 Å². The number of hydrogen-bond acceptors (Lipinski definition) is 3. The van der Waals surface area contributed by atoms with Crippen LogP contribution in [-0.2, 0) is 9.53 Å². The Morgan fingerprint density at radius 3 is 2.40 bits per heavy atom. The highest BCUT2D eigenvalue weighted by molar-refractivity contribution is 6.09. The first-order valence-corrected chi connectivity index (χ1v) is 11.0. The number of carbonyl (C=O) groups is 1. The Balaban J connectivity index is 1.66. The lowest BCUT2D eigenvalue weighted by molar-refractivity contribution is -0.121. The second-order valence-electron chi connectivity index (χ2n) is 8.97. The molecule has 156 valence electrons. The van der Waals surface area contributed by atoms with E-state index in [-0.39, 0.29) is 11.8 Å². The van der Waals surface area contributed by atoms with Crippen molar-refractivity contribution in [3.63, 3.8) is 0 Å². The number of amidine groups is 1. The van der Waals surface area contributed by atoms with Gasteiger partial charge in [-0.2, -0.15) is 0 Å². The fraction of sp³-hybridized carbons (Fsp3) is 0.440. The monoisotopic (exact) mass is 403 g/mol. The highest BCUT2D eigenvalue weighted by Crippen LogP contribution is 2.45. The quantitative estimate of drug-likeness (QED) is 0.736. The van der Waals surface area contributed by atoms with Crippen LogP contribution in [0.3, 0.4) is 0 Å². The Bertz CT molecular complexity index is 982. The summed E-state index contributed by atoms with van der Waals surface area (Å²) in [5.41, 5.74) is 3.31. The number of benzene rings is 2. The van der Waals surface area contributed by atoms with Gasteiger partial charge in [-0.25, -0.2) is 4.99 Å². The molecule has 3 aliphatic rings. The van der Waals surface area contributed by atoms with Crippen molar-refractivity contribution in [2.24, 2.45) is 10.9 Å². The zero-order valence-corrected chi connectivity index (χ0v) is 18.0. The maximum absolute atomic E-state index is 13.4. The molecule has 3 saturated heterocycles. The van der Waals surface area contributed by atoms with E-state index in [4.69, 9.17) is 9.73 Å². The molecule has 2 aromatic carbocycles. The number of hydrogen-bond donors (Lipinski definition) is 0. The number of morpholine rings is 1. The fourth-order valence-corrected chi connectivity index (χ4v) is 5.04. The third kappa shape index (κ3) is 3.03. The van der Waals surface area contributed by atoms with Crippen LogP contribution in [0.25, 0.3) is 0 Å². The van der Waals surface area contributed by atoms with E-state index >= 15 is 0 Å². The maximum Gasteiger partial charge on any atom is 0.232 e. The molecule has 0 saturated carbocycles. The van der Waals surface area contributed by atoms with Crippen LogP contribution in [0.15, 0.2) is 53.5 Å². The highest BCUT2D eigenvalue weighted by Gasteiger charge is 2.59. The lowest BCUT2D eigenvalue weighted by Gasteiger charge is -2.48. The van der Waals surface area contributed by atoms with E-state index in [9.17, 15) is 4.79 Å². The van der Waals surface area contributed by atoms with E-state index in [1.165, 1.54) is 11.1 Å². The van der Waals surface area contributed by atoms with E-state index in [0.717, 1.165) is 36.6 Å². The van der Waals surface area contributed by atoms with E-state index in [0.29, 0.717) is 19.1 Å². The highest BCUT2D eigenvalue weighted by atomic mass is 16.5. The number of anilines is 1. The molecule has 3 heterocycles. The maximum atomic E-state index is 13.4. The van der Waals surface area contributed by atoms with E-state index in [2.05, 4.69) is 43.0 Å². The lowest BCUT2D eigenvalue weighted by Crippen LogP contribution is -2.65. The van der Waals surface area contributed by atoms with E-state index in [1.54, 1.807) is 0 Å². The normalized spacial score (nSPS) is 29.8. The largest absolute Gasteiger partial charge is 0.351 e. The number of aryl methyl sites for hydroxylation is 2. The number of aliphatic imine (C=N–C) groups is 1. The fourth-order valence-electron chi connectivity index (χ4n) is 5.04. The first kappa shape index (κ1) is 19.3. The minimum Gasteiger partial charge on any atom is -0.351 e. The van der Waals surface area contributed by atoms with Crippen molar-refractivity contribution in [2.45, 2.75) is 51.8 Å². The number of carbonyl (C=O) groups excluding carboxylic acids is 1. The minimum atomic E-state index is -0.850. The van der Waals surface area contributed by atoms with Crippen molar-refractivity contribution in [3.05, 3.63) is 59.7 Å². The van der Waals surface area contributed by atoms with Gasteiger partial charge in [-0.1, -0.05) is 42.3 Å². The zero-order chi connectivity index (χ0) is 20.9. The van der Waals surface area contributed by atoms with Gasteiger partial charge in [0.25, 0.3) is 0 Å². The number of fused-ring (bicyclic) bond motifs is 1. The summed E-state index contributed by atoms with van der Waals surface area (Å²) >= 11 is 0. The summed E-state index contributed by atoms with van der Waals surface area (Å²) in [6.45, 7) is 7.74. The lowest BCUT2D eigenvalue weighted by atomic mass is 9.99. The molecule has 0 radical (unpaired) electrons. The summed E-state index contributed by atoms with van der Waals surface area (Å²) in [5.74, 6) is 0.875. The molecular formula is C25H29N3O2. The van der Waals surface area contributed by atoms with Gasteiger partial charge < -0.3 is 9.64 Å². The van der Waals surface area contributed by atoms with Crippen LogP contribution in [0.4, 0.5) is 11.4 Å². The molecule has 2 aromatic rings. The molecule has 5 heteroatoms. The van der Waals surface area contributed by atoms with Crippen molar-refractivity contribution < 1.29 is 9.53 Å². The molecule has 5 nitrogen and oxygen atoms in total. The van der Waals surface area contributed by atoms with Crippen molar-refractivity contribution in [3.8, 4) is 0 Å². The summed E-state index contributed by atoms with van der Waals surface area (Å²) in [6.07, 6.45) is 2.86. The van der Waals surface area contributed by atoms with Gasteiger partial charge in [-0.15, -0.1) is 0 Å². The Morgan fingerprint density at radius 1 is 1.03 bits per heavy atom. The van der Waals surface area contributed by atoms with Gasteiger partial charge in [0.05, 0.1) is 18.3 Å². The molecule has 3 aliphatic heterocycles. The zero-order valence-electron chi connectivity index (χ0n) is 18.0. The summed E-state index contributed by atoms with van der Waals surface area (Å²) < 4.78 is 6.62. The Morgan fingerprint density at radius 2 is 1.70 bits per heavy atom. The summed E-state index contributed by atoms with van der Waals surface area (Å²) in [6, 6.07) is 16.7. The summed E-state index contributed by atoms with van der Waals surface area (Å²) in [4.78, 5) is 22.8. The molecule has 0 aromatic heterocycles. The molecule has 1 amide bonds. The van der Waals surface area contributed by atoms with E-state index in [1.807, 2.05) is 36.1 Å². The van der Waals surface area contributed by atoms with Crippen LogP contribution in [0, 0.1) is 19.8 Å². The van der Waals surface area contributed by atoms with Crippen molar-refractivity contribution in [1.29, 1.82) is 0 Å². The van der Waals surface area contributed by atoms with Gasteiger partial charge in [0.1, 0.15) is 0 Å². The predicted molar refractivity (Wildman–Crippen MR) is 119 cm³/mol. The molecular weight excluding hydrogens is 374 g/mol. The van der Waals surface area contributed by atoms with Gasteiger partial charge in [0, 0.05) is 24.6 Å². The van der Waals surface area contributed by atoms with Gasteiger partial charge in [0.15, 0.2) is 5.84 Å². The Kier molecular flexibility index (Phi) is 4.66. The first-order valence-electron chi connectivity index (χ1n) is 11.0. The van der Waals surface area contributed by atoms with Gasteiger partial charge in [-0.05, 0) is 51.0 Å². The molecule has 3 fully saturated rings. The van der Waals surface area contributed by atoms with Crippen molar-refractivity contribution in [2.75, 3.05) is 18.1 Å². The number of nitrogens with zero attached hydrogens (tertiary/aromatic N) is 3. The molecule has 0 bridgehead atoms. The van der Waals surface area contributed by atoms with Crippen LogP contribution in [0.5, 0.6) is 0 Å². The molecule has 1 spiro atoms. The third-order valence-corrected chi connectivity index (χ3v) is 6.66. The van der Waals surface area contributed by atoms with Gasteiger partial charge in [0.2, 0.25) is 11.6 Å². The van der Waals surface area contributed by atoms with Crippen LogP contribution in [-0.4, -0.2) is 41.6 Å². The van der Waals surface area contributed by atoms with Crippen LogP contribution < -0.4 is 4.90 Å². The van der Waals surface area contributed by atoms with Crippen LogP contribution >= 0.6 is 0 Å². The second-order valence-corrected chi connectivity index (χ2v) is 8.97. The van der Waals surface area contributed by atoms with Crippen LogP contribution in [0.1, 0.15) is 37.3 Å². The van der Waals surface area contributed by atoms with Crippen LogP contribution in [0.2, 0.25) is 0 Å². The standard InChI is InChI=1S/C25H29N3O2/c1-17-6-10-20(11-7-17)26-24-25(30-16-22-5-4-14-27(22)24)15-19(3)23(29)28(25)21-12-8-18(2)9-13-21/h6-13,19,22H,4-5,14-16H2,1-3H3/t19?,22-,25?/m0/s1. The Labute approximate surface area is 178 Å². The smallest absolute Gasteiger partial charge is 0.232 e. The predicted octanol–water partition coefficient (Wildman–Crippen LogP) is 4.60. The average Bonchev–Trinajstić information content (AvgIpc) is 3.30. The first-order chi connectivity index (χ1) is 14.5. The Hall–Kier alpha value is -2.66. The SMILES string of the molecule is Cc1ccc(N=C2N3CCC[C@H]3COC23CC(C)C(=O)N3c2ccc(C)cc2)cc1. The second kappa shape index (κ2) is 7.24. The molecule has 0 N–H and O–H groups in total. The summed E-state index contributed by atoms with van der Waals surface area (Å²) in [5, 5.41) is 0. The van der Waals surface area contributed by atoms with Gasteiger partial charge >= 0.3 is 0 Å². The average molecular weight is 404 g/mol. The number of rotatable bonds is 2. The number of amides is 1. The molecule has 2 unspecified atom stereocenters. The third-order valence-electron chi connectivity index (χ3n) is 6.66. The molecule has 30 heavy (non-hydrogen) atoms. The van der Waals surface area contributed by atoms with Crippen molar-refractivity contribution in [1.82, 2.24) is 4.90 Å². The topological polar surface area (TPSA) is 45.1 Å². The molecule has 3 atom stereocenters. The molecule has 0 aliphatic carbocycles.